The van der Waals surface area contributed by atoms with E-state index in [1.54, 1.807) is 0 Å². The number of nitrogens with one attached hydrogen (secondary N) is 1. The van der Waals surface area contributed by atoms with E-state index in [0.29, 0.717) is 31.0 Å². The molecule has 2 heterocycles. The van der Waals surface area contributed by atoms with Crippen molar-refractivity contribution in [3.05, 3.63) is 23.8 Å². The minimum Gasteiger partial charge on any atom is -0.454 e. The van der Waals surface area contributed by atoms with E-state index in [1.165, 1.54) is 4.31 Å². The topological polar surface area (TPSA) is 84.9 Å². The Morgan fingerprint density at radius 3 is 2.87 bits per heavy atom. The largest absolute Gasteiger partial charge is 0.454 e. The molecule has 0 saturated carbocycles. The molecule has 1 aromatic carbocycles. The van der Waals surface area contributed by atoms with Crippen LogP contribution in [0.2, 0.25) is 0 Å². The van der Waals surface area contributed by atoms with E-state index < -0.39 is 10.0 Å². The molecule has 1 saturated heterocycles. The van der Waals surface area contributed by atoms with Gasteiger partial charge in [0.25, 0.3) is 0 Å². The molecule has 0 aliphatic carbocycles. The maximum Gasteiger partial charge on any atom is 0.231 e. The quantitative estimate of drug-likeness (QED) is 0.859. The van der Waals surface area contributed by atoms with Gasteiger partial charge in [0.1, 0.15) is 0 Å². The van der Waals surface area contributed by atoms with Crippen LogP contribution >= 0.6 is 0 Å². The molecular weight excluding hydrogens is 320 g/mol. The summed E-state index contributed by atoms with van der Waals surface area (Å²) in [5.74, 6) is 1.40. The highest BCUT2D eigenvalue weighted by atomic mass is 32.2. The molecule has 1 N–H and O–H groups in total. The summed E-state index contributed by atoms with van der Waals surface area (Å²) in [6, 6.07) is 5.50. The van der Waals surface area contributed by atoms with Gasteiger partial charge in [-0.3, -0.25) is 4.79 Å². The predicted octanol–water partition coefficient (Wildman–Crippen LogP) is 0.847. The maximum atomic E-state index is 11.9. The van der Waals surface area contributed by atoms with Gasteiger partial charge in [-0.25, -0.2) is 12.7 Å². The van der Waals surface area contributed by atoms with Gasteiger partial charge in [0.05, 0.1) is 5.75 Å². The molecule has 2 aliphatic heterocycles. The Balaban J connectivity index is 1.46. The van der Waals surface area contributed by atoms with Gasteiger partial charge in [0.2, 0.25) is 22.7 Å². The lowest BCUT2D eigenvalue weighted by Gasteiger charge is -2.25. The number of fused-ring (bicyclic) bond motifs is 1. The number of ether oxygens (including phenoxy) is 2. The fourth-order valence-corrected chi connectivity index (χ4v) is 4.26. The van der Waals surface area contributed by atoms with E-state index in [-0.39, 0.29) is 31.4 Å². The first kappa shape index (κ1) is 16.1. The van der Waals surface area contributed by atoms with E-state index in [2.05, 4.69) is 5.32 Å². The number of hydrogen-bond donors (Lipinski definition) is 1. The second-order valence-electron chi connectivity index (χ2n) is 5.64. The molecule has 0 spiro atoms. The number of amides is 1. The lowest BCUT2D eigenvalue weighted by molar-refractivity contribution is -0.121. The number of carbonyl (C=O) groups excluding carboxylic acids is 1. The third-order valence-electron chi connectivity index (χ3n) is 3.97. The van der Waals surface area contributed by atoms with Crippen molar-refractivity contribution < 1.29 is 22.7 Å². The third-order valence-corrected chi connectivity index (χ3v) is 5.92. The molecule has 1 aromatic rings. The molecule has 7 nitrogen and oxygen atoms in total. The smallest absolute Gasteiger partial charge is 0.231 e. The fraction of sp³-hybridized carbons (Fsp3) is 0.533. The van der Waals surface area contributed by atoms with Gasteiger partial charge in [0.15, 0.2) is 11.5 Å². The molecule has 0 radical (unpaired) electrons. The number of benzene rings is 1. The van der Waals surface area contributed by atoms with Crippen LogP contribution in [0.25, 0.3) is 0 Å². The minimum absolute atomic E-state index is 0.163. The molecule has 3 rings (SSSR count). The van der Waals surface area contributed by atoms with Crippen molar-refractivity contribution >= 4 is 15.9 Å². The first-order chi connectivity index (χ1) is 11.0. The highest BCUT2D eigenvalue weighted by Crippen LogP contribution is 2.32. The molecule has 1 amide bonds. The number of hydrogen-bond acceptors (Lipinski definition) is 5. The van der Waals surface area contributed by atoms with Gasteiger partial charge in [0, 0.05) is 26.1 Å². The molecule has 8 heteroatoms. The van der Waals surface area contributed by atoms with Crippen molar-refractivity contribution in [1.29, 1.82) is 0 Å². The summed E-state index contributed by atoms with van der Waals surface area (Å²) in [5, 5.41) is 2.80. The van der Waals surface area contributed by atoms with Crippen LogP contribution in [0.15, 0.2) is 18.2 Å². The van der Waals surface area contributed by atoms with Gasteiger partial charge in [-0.2, -0.15) is 0 Å². The average molecular weight is 340 g/mol. The zero-order valence-corrected chi connectivity index (χ0v) is 13.6. The molecule has 0 unspecified atom stereocenters. The van der Waals surface area contributed by atoms with Crippen LogP contribution in [-0.2, 0) is 21.4 Å². The Kier molecular flexibility index (Phi) is 4.72. The van der Waals surface area contributed by atoms with Gasteiger partial charge in [-0.15, -0.1) is 0 Å². The zero-order chi connectivity index (χ0) is 16.3. The van der Waals surface area contributed by atoms with Crippen molar-refractivity contribution in [1.82, 2.24) is 9.62 Å². The van der Waals surface area contributed by atoms with Crippen molar-refractivity contribution in [2.75, 3.05) is 25.6 Å². The second kappa shape index (κ2) is 6.76. The SMILES string of the molecule is O=C(CCN1CCCCS1(=O)=O)NCc1ccc2c(c1)OCO2. The Morgan fingerprint density at radius 1 is 1.22 bits per heavy atom. The summed E-state index contributed by atoms with van der Waals surface area (Å²) in [7, 11) is -3.17. The van der Waals surface area contributed by atoms with Gasteiger partial charge >= 0.3 is 0 Å². The molecule has 1 fully saturated rings. The highest BCUT2D eigenvalue weighted by Gasteiger charge is 2.25. The minimum atomic E-state index is -3.17. The van der Waals surface area contributed by atoms with Crippen LogP contribution in [0.5, 0.6) is 11.5 Å². The summed E-state index contributed by atoms with van der Waals surface area (Å²) in [6.07, 6.45) is 1.73. The summed E-state index contributed by atoms with van der Waals surface area (Å²) in [4.78, 5) is 11.9. The third kappa shape index (κ3) is 3.94. The normalized spacial score (nSPS) is 19.5. The number of carbonyl (C=O) groups is 1. The van der Waals surface area contributed by atoms with Crippen LogP contribution in [0.3, 0.4) is 0 Å². The molecule has 2 aliphatic rings. The van der Waals surface area contributed by atoms with E-state index in [0.717, 1.165) is 12.0 Å². The fourth-order valence-electron chi connectivity index (χ4n) is 2.66. The van der Waals surface area contributed by atoms with Gasteiger partial charge in [-0.1, -0.05) is 6.07 Å². The van der Waals surface area contributed by atoms with Crippen molar-refractivity contribution in [3.63, 3.8) is 0 Å². The molecule has 126 valence electrons. The Labute approximate surface area is 135 Å². The molecule has 0 aromatic heterocycles. The van der Waals surface area contributed by atoms with E-state index in [9.17, 15) is 13.2 Å². The van der Waals surface area contributed by atoms with Crippen molar-refractivity contribution in [3.8, 4) is 11.5 Å². The van der Waals surface area contributed by atoms with E-state index >= 15 is 0 Å². The van der Waals surface area contributed by atoms with Gasteiger partial charge in [-0.05, 0) is 30.5 Å². The summed E-state index contributed by atoms with van der Waals surface area (Å²) in [6.45, 7) is 1.35. The summed E-state index contributed by atoms with van der Waals surface area (Å²) >= 11 is 0. The Bertz CT molecular complexity index is 689. The predicted molar refractivity (Wildman–Crippen MR) is 83.6 cm³/mol. The summed E-state index contributed by atoms with van der Waals surface area (Å²) in [5.41, 5.74) is 0.910. The second-order valence-corrected chi connectivity index (χ2v) is 7.72. The van der Waals surface area contributed by atoms with Crippen LogP contribution < -0.4 is 14.8 Å². The Morgan fingerprint density at radius 2 is 2.04 bits per heavy atom. The van der Waals surface area contributed by atoms with E-state index in [4.69, 9.17) is 9.47 Å². The zero-order valence-electron chi connectivity index (χ0n) is 12.8. The lowest BCUT2D eigenvalue weighted by atomic mass is 10.2. The first-order valence-corrected chi connectivity index (χ1v) is 9.28. The summed E-state index contributed by atoms with van der Waals surface area (Å²) < 4.78 is 35.6. The van der Waals surface area contributed by atoms with Crippen LogP contribution in [0.1, 0.15) is 24.8 Å². The highest BCUT2D eigenvalue weighted by molar-refractivity contribution is 7.89. The van der Waals surface area contributed by atoms with Gasteiger partial charge < -0.3 is 14.8 Å². The maximum absolute atomic E-state index is 11.9. The monoisotopic (exact) mass is 340 g/mol. The van der Waals surface area contributed by atoms with Crippen molar-refractivity contribution in [2.45, 2.75) is 25.8 Å². The molecular formula is C15H20N2O5S. The number of rotatable bonds is 5. The van der Waals surface area contributed by atoms with Crippen LogP contribution in [-0.4, -0.2) is 44.3 Å². The molecule has 0 atom stereocenters. The number of sulfonamides is 1. The van der Waals surface area contributed by atoms with Crippen LogP contribution in [0.4, 0.5) is 0 Å². The lowest BCUT2D eigenvalue weighted by Crippen LogP contribution is -2.40. The molecule has 0 bridgehead atoms. The average Bonchev–Trinajstić information content (AvgIpc) is 2.99. The van der Waals surface area contributed by atoms with E-state index in [1.807, 2.05) is 18.2 Å². The first-order valence-electron chi connectivity index (χ1n) is 7.68. The molecule has 23 heavy (non-hydrogen) atoms. The van der Waals surface area contributed by atoms with Crippen LogP contribution in [0, 0.1) is 0 Å². The number of nitrogens with zero attached hydrogens (tertiary/aromatic N) is 1. The Hall–Kier alpha value is -1.80. The van der Waals surface area contributed by atoms with Crippen molar-refractivity contribution in [2.24, 2.45) is 0 Å². The standard InChI is InChI=1S/C15H20N2O5S/c18-15(5-7-17-6-1-2-8-23(17,19)20)16-10-12-3-4-13-14(9-12)22-11-21-13/h3-4,9H,1-2,5-8,10-11H2,(H,16,18).